The Morgan fingerprint density at radius 2 is 1.73 bits per heavy atom. The first kappa shape index (κ1) is 18.5. The number of carbonyl (C=O) groups excluding carboxylic acids is 1. The first-order chi connectivity index (χ1) is 12.7. The molecule has 0 spiro atoms. The average Bonchev–Trinajstić information content (AvgIpc) is 2.69. The summed E-state index contributed by atoms with van der Waals surface area (Å²) in [5.41, 5.74) is 2.37. The maximum Gasteiger partial charge on any atom is 0.234 e. The van der Waals surface area contributed by atoms with Gasteiger partial charge in [-0.05, 0) is 23.6 Å². The van der Waals surface area contributed by atoms with E-state index in [4.69, 9.17) is 0 Å². The van der Waals surface area contributed by atoms with E-state index in [1.807, 2.05) is 36.5 Å². The van der Waals surface area contributed by atoms with Crippen LogP contribution in [0, 0.1) is 0 Å². The van der Waals surface area contributed by atoms with Gasteiger partial charge in [0, 0.05) is 45.5 Å². The number of hydrogen-bond acceptors (Lipinski definition) is 4. The second kappa shape index (κ2) is 9.46. The molecule has 1 atom stereocenters. The van der Waals surface area contributed by atoms with Crippen molar-refractivity contribution >= 4 is 5.91 Å². The molecule has 0 bridgehead atoms. The van der Waals surface area contributed by atoms with Crippen LogP contribution < -0.4 is 5.32 Å². The largest absolute Gasteiger partial charge is 0.354 e. The van der Waals surface area contributed by atoms with Gasteiger partial charge < -0.3 is 5.32 Å². The Morgan fingerprint density at radius 1 is 1.04 bits per heavy atom. The SMILES string of the molecule is C[C@H](CNC(=O)CN1CCN(Cc2ccccn2)CC1)c1ccccc1. The molecule has 1 aromatic carbocycles. The highest BCUT2D eigenvalue weighted by molar-refractivity contribution is 5.78. The summed E-state index contributed by atoms with van der Waals surface area (Å²) >= 11 is 0. The van der Waals surface area contributed by atoms with E-state index < -0.39 is 0 Å². The van der Waals surface area contributed by atoms with Crippen molar-refractivity contribution in [3.63, 3.8) is 0 Å². The summed E-state index contributed by atoms with van der Waals surface area (Å²) in [6.07, 6.45) is 1.84. The topological polar surface area (TPSA) is 48.5 Å². The summed E-state index contributed by atoms with van der Waals surface area (Å²) in [5, 5.41) is 3.08. The van der Waals surface area contributed by atoms with Gasteiger partial charge in [0.15, 0.2) is 0 Å². The van der Waals surface area contributed by atoms with Crippen molar-refractivity contribution in [2.45, 2.75) is 19.4 Å². The zero-order chi connectivity index (χ0) is 18.2. The average molecular weight is 352 g/mol. The second-order valence-corrected chi connectivity index (χ2v) is 6.99. The van der Waals surface area contributed by atoms with Crippen molar-refractivity contribution < 1.29 is 4.79 Å². The molecule has 3 rings (SSSR count). The van der Waals surface area contributed by atoms with E-state index in [0.29, 0.717) is 19.0 Å². The van der Waals surface area contributed by atoms with Crippen molar-refractivity contribution in [2.24, 2.45) is 0 Å². The standard InChI is InChI=1S/C21H28N4O/c1-18(19-7-3-2-4-8-19)15-23-21(26)17-25-13-11-24(12-14-25)16-20-9-5-6-10-22-20/h2-10,18H,11-17H2,1H3,(H,23,26)/t18-/m1/s1. The summed E-state index contributed by atoms with van der Waals surface area (Å²) in [4.78, 5) is 21.3. The number of amides is 1. The van der Waals surface area contributed by atoms with Crippen LogP contribution in [-0.2, 0) is 11.3 Å². The molecule has 1 aliphatic heterocycles. The molecule has 1 saturated heterocycles. The molecule has 26 heavy (non-hydrogen) atoms. The third kappa shape index (κ3) is 5.64. The first-order valence-corrected chi connectivity index (χ1v) is 9.37. The fourth-order valence-electron chi connectivity index (χ4n) is 3.25. The third-order valence-corrected chi connectivity index (χ3v) is 4.92. The lowest BCUT2D eigenvalue weighted by Crippen LogP contribution is -2.49. The summed E-state index contributed by atoms with van der Waals surface area (Å²) in [7, 11) is 0. The molecule has 1 aromatic heterocycles. The smallest absolute Gasteiger partial charge is 0.234 e. The number of carbonyl (C=O) groups is 1. The van der Waals surface area contributed by atoms with E-state index in [1.165, 1.54) is 5.56 Å². The fraction of sp³-hybridized carbons (Fsp3) is 0.429. The Morgan fingerprint density at radius 3 is 2.42 bits per heavy atom. The summed E-state index contributed by atoms with van der Waals surface area (Å²) in [6, 6.07) is 16.3. The van der Waals surface area contributed by atoms with Crippen molar-refractivity contribution in [3.8, 4) is 0 Å². The maximum absolute atomic E-state index is 12.2. The zero-order valence-corrected chi connectivity index (χ0v) is 15.5. The highest BCUT2D eigenvalue weighted by Gasteiger charge is 2.19. The maximum atomic E-state index is 12.2. The van der Waals surface area contributed by atoms with Gasteiger partial charge in [-0.2, -0.15) is 0 Å². The molecule has 0 saturated carbocycles. The third-order valence-electron chi connectivity index (χ3n) is 4.92. The molecule has 1 N–H and O–H groups in total. The summed E-state index contributed by atoms with van der Waals surface area (Å²) in [6.45, 7) is 8.00. The van der Waals surface area contributed by atoms with Crippen LogP contribution in [0.2, 0.25) is 0 Å². The minimum atomic E-state index is 0.117. The summed E-state index contributed by atoms with van der Waals surface area (Å²) < 4.78 is 0. The fourth-order valence-corrected chi connectivity index (χ4v) is 3.25. The van der Waals surface area contributed by atoms with Gasteiger partial charge in [0.25, 0.3) is 0 Å². The van der Waals surface area contributed by atoms with Crippen LogP contribution in [0.5, 0.6) is 0 Å². The molecule has 0 radical (unpaired) electrons. The zero-order valence-electron chi connectivity index (χ0n) is 15.5. The number of hydrogen-bond donors (Lipinski definition) is 1. The van der Waals surface area contributed by atoms with Crippen LogP contribution >= 0.6 is 0 Å². The molecule has 5 heteroatoms. The van der Waals surface area contributed by atoms with Crippen molar-refractivity contribution in [2.75, 3.05) is 39.3 Å². The Balaban J connectivity index is 1.35. The molecule has 1 amide bonds. The van der Waals surface area contributed by atoms with Gasteiger partial charge in [-0.15, -0.1) is 0 Å². The number of nitrogens with zero attached hydrogens (tertiary/aromatic N) is 3. The van der Waals surface area contributed by atoms with Crippen LogP contribution in [0.25, 0.3) is 0 Å². The first-order valence-electron chi connectivity index (χ1n) is 9.37. The van der Waals surface area contributed by atoms with Gasteiger partial charge in [0.2, 0.25) is 5.91 Å². The molecule has 1 fully saturated rings. The number of pyridine rings is 1. The van der Waals surface area contributed by atoms with Crippen LogP contribution in [0.1, 0.15) is 24.1 Å². The molecular weight excluding hydrogens is 324 g/mol. The van der Waals surface area contributed by atoms with Gasteiger partial charge >= 0.3 is 0 Å². The molecule has 138 valence electrons. The van der Waals surface area contributed by atoms with Gasteiger partial charge in [-0.25, -0.2) is 0 Å². The summed E-state index contributed by atoms with van der Waals surface area (Å²) in [5.74, 6) is 0.446. The Hall–Kier alpha value is -2.24. The van der Waals surface area contributed by atoms with Gasteiger partial charge in [-0.1, -0.05) is 43.3 Å². The Labute approximate surface area is 156 Å². The second-order valence-electron chi connectivity index (χ2n) is 6.99. The molecule has 2 aromatic rings. The van der Waals surface area contributed by atoms with Crippen molar-refractivity contribution in [1.29, 1.82) is 0 Å². The van der Waals surface area contributed by atoms with Crippen molar-refractivity contribution in [3.05, 3.63) is 66.0 Å². The van der Waals surface area contributed by atoms with Crippen LogP contribution in [0.15, 0.2) is 54.7 Å². The monoisotopic (exact) mass is 352 g/mol. The van der Waals surface area contributed by atoms with E-state index in [1.54, 1.807) is 0 Å². The normalized spacial score (nSPS) is 17.0. The van der Waals surface area contributed by atoms with E-state index in [9.17, 15) is 4.79 Å². The molecule has 2 heterocycles. The molecule has 1 aliphatic rings. The minimum Gasteiger partial charge on any atom is -0.354 e. The molecular formula is C21H28N4O. The number of aromatic nitrogens is 1. The highest BCUT2D eigenvalue weighted by atomic mass is 16.2. The van der Waals surface area contributed by atoms with Gasteiger partial charge in [0.05, 0.1) is 12.2 Å². The van der Waals surface area contributed by atoms with Crippen LogP contribution in [0.4, 0.5) is 0 Å². The lowest BCUT2D eigenvalue weighted by atomic mass is 10.0. The van der Waals surface area contributed by atoms with E-state index >= 15 is 0 Å². The molecule has 5 nitrogen and oxygen atoms in total. The van der Waals surface area contributed by atoms with E-state index in [2.05, 4.69) is 45.2 Å². The Kier molecular flexibility index (Phi) is 6.75. The predicted molar refractivity (Wildman–Crippen MR) is 104 cm³/mol. The number of benzene rings is 1. The van der Waals surface area contributed by atoms with Gasteiger partial charge in [-0.3, -0.25) is 19.6 Å². The lowest BCUT2D eigenvalue weighted by molar-refractivity contribution is -0.122. The lowest BCUT2D eigenvalue weighted by Gasteiger charge is -2.34. The molecule has 0 aliphatic carbocycles. The molecule has 0 unspecified atom stereocenters. The quantitative estimate of drug-likeness (QED) is 0.829. The highest BCUT2D eigenvalue weighted by Crippen LogP contribution is 2.13. The van der Waals surface area contributed by atoms with Crippen molar-refractivity contribution in [1.82, 2.24) is 20.1 Å². The Bertz CT molecular complexity index is 669. The number of rotatable bonds is 7. The number of nitrogens with one attached hydrogen (secondary N) is 1. The van der Waals surface area contributed by atoms with E-state index in [-0.39, 0.29) is 5.91 Å². The van der Waals surface area contributed by atoms with Gasteiger partial charge in [0.1, 0.15) is 0 Å². The number of piperazine rings is 1. The van der Waals surface area contributed by atoms with Crippen LogP contribution in [0.3, 0.4) is 0 Å². The predicted octanol–water partition coefficient (Wildman–Crippen LogP) is 2.12. The minimum absolute atomic E-state index is 0.117. The van der Waals surface area contributed by atoms with Crippen LogP contribution in [-0.4, -0.2) is 60.0 Å². The van der Waals surface area contributed by atoms with E-state index in [0.717, 1.165) is 38.4 Å².